The van der Waals surface area contributed by atoms with Gasteiger partial charge in [-0.2, -0.15) is 0 Å². The van der Waals surface area contributed by atoms with Gasteiger partial charge in [0, 0.05) is 11.7 Å². The van der Waals surface area contributed by atoms with E-state index in [0.717, 1.165) is 0 Å². The van der Waals surface area contributed by atoms with Crippen LogP contribution in [0.25, 0.3) is 0 Å². The molecule has 106 valence electrons. The SMILES string of the molecule is CC(C)(C)CC(C)(C)NC1CCCc2cccnc21. The van der Waals surface area contributed by atoms with E-state index in [4.69, 9.17) is 0 Å². The molecule has 0 fully saturated rings. The molecule has 1 unspecified atom stereocenters. The third kappa shape index (κ3) is 4.04. The van der Waals surface area contributed by atoms with Gasteiger partial charge in [0.2, 0.25) is 0 Å². The number of hydrogen-bond donors (Lipinski definition) is 1. The lowest BCUT2D eigenvalue weighted by Gasteiger charge is -2.38. The first kappa shape index (κ1) is 14.5. The van der Waals surface area contributed by atoms with Gasteiger partial charge in [0.1, 0.15) is 0 Å². The Balaban J connectivity index is 2.12. The number of fused-ring (bicyclic) bond motifs is 1. The molecule has 1 aromatic heterocycles. The van der Waals surface area contributed by atoms with Crippen LogP contribution in [-0.2, 0) is 6.42 Å². The minimum atomic E-state index is 0.148. The molecule has 0 aromatic carbocycles. The van der Waals surface area contributed by atoms with Crippen molar-refractivity contribution in [3.63, 3.8) is 0 Å². The van der Waals surface area contributed by atoms with E-state index in [0.29, 0.717) is 11.5 Å². The summed E-state index contributed by atoms with van der Waals surface area (Å²) in [5.74, 6) is 0. The number of hydrogen-bond acceptors (Lipinski definition) is 2. The van der Waals surface area contributed by atoms with Crippen molar-refractivity contribution in [1.29, 1.82) is 0 Å². The Morgan fingerprint density at radius 2 is 2.00 bits per heavy atom. The first-order valence-electron chi connectivity index (χ1n) is 7.48. The number of nitrogens with one attached hydrogen (secondary N) is 1. The number of aryl methyl sites for hydroxylation is 1. The quantitative estimate of drug-likeness (QED) is 0.878. The van der Waals surface area contributed by atoms with Crippen molar-refractivity contribution in [3.8, 4) is 0 Å². The van der Waals surface area contributed by atoms with Crippen LogP contribution in [0.15, 0.2) is 18.3 Å². The standard InChI is InChI=1S/C17H28N2/c1-16(2,3)12-17(4,5)19-14-10-6-8-13-9-7-11-18-15(13)14/h7,9,11,14,19H,6,8,10,12H2,1-5H3. The van der Waals surface area contributed by atoms with E-state index >= 15 is 0 Å². The Morgan fingerprint density at radius 3 is 2.68 bits per heavy atom. The second-order valence-corrected chi connectivity index (χ2v) is 7.76. The van der Waals surface area contributed by atoms with Gasteiger partial charge in [0.15, 0.2) is 0 Å². The van der Waals surface area contributed by atoms with Gasteiger partial charge < -0.3 is 5.32 Å². The predicted octanol–water partition coefficient (Wildman–Crippen LogP) is 4.26. The summed E-state index contributed by atoms with van der Waals surface area (Å²) in [5.41, 5.74) is 3.20. The van der Waals surface area contributed by atoms with E-state index < -0.39 is 0 Å². The molecule has 19 heavy (non-hydrogen) atoms. The average Bonchev–Trinajstić information content (AvgIpc) is 2.25. The summed E-state index contributed by atoms with van der Waals surface area (Å²) in [4.78, 5) is 4.62. The molecule has 0 bridgehead atoms. The monoisotopic (exact) mass is 260 g/mol. The molecular weight excluding hydrogens is 232 g/mol. The molecule has 0 radical (unpaired) electrons. The van der Waals surface area contributed by atoms with E-state index in [9.17, 15) is 0 Å². The summed E-state index contributed by atoms with van der Waals surface area (Å²) in [6, 6.07) is 4.70. The molecule has 2 heteroatoms. The molecule has 0 amide bonds. The molecule has 1 N–H and O–H groups in total. The van der Waals surface area contributed by atoms with Crippen molar-refractivity contribution in [2.24, 2.45) is 5.41 Å². The van der Waals surface area contributed by atoms with Gasteiger partial charge in [-0.15, -0.1) is 0 Å². The fourth-order valence-electron chi connectivity index (χ4n) is 3.60. The van der Waals surface area contributed by atoms with Gasteiger partial charge >= 0.3 is 0 Å². The Morgan fingerprint density at radius 1 is 1.26 bits per heavy atom. The molecule has 1 atom stereocenters. The highest BCUT2D eigenvalue weighted by Gasteiger charge is 2.30. The average molecular weight is 260 g/mol. The van der Waals surface area contributed by atoms with Crippen molar-refractivity contribution in [3.05, 3.63) is 29.6 Å². The van der Waals surface area contributed by atoms with Gasteiger partial charge in [0.25, 0.3) is 0 Å². The summed E-state index contributed by atoms with van der Waals surface area (Å²) < 4.78 is 0. The van der Waals surface area contributed by atoms with Crippen LogP contribution in [0.4, 0.5) is 0 Å². The Labute approximate surface area is 118 Å². The van der Waals surface area contributed by atoms with Crippen molar-refractivity contribution >= 4 is 0 Å². The van der Waals surface area contributed by atoms with Crippen molar-refractivity contribution in [2.45, 2.75) is 71.9 Å². The fraction of sp³-hybridized carbons (Fsp3) is 0.706. The molecule has 1 aromatic rings. The zero-order chi connectivity index (χ0) is 14.1. The van der Waals surface area contributed by atoms with E-state index in [1.54, 1.807) is 0 Å². The lowest BCUT2D eigenvalue weighted by atomic mass is 9.80. The van der Waals surface area contributed by atoms with E-state index in [1.807, 2.05) is 6.20 Å². The maximum absolute atomic E-state index is 4.62. The van der Waals surface area contributed by atoms with Crippen LogP contribution in [0.1, 0.15) is 71.2 Å². The minimum absolute atomic E-state index is 0.148. The fourth-order valence-corrected chi connectivity index (χ4v) is 3.60. The van der Waals surface area contributed by atoms with E-state index in [-0.39, 0.29) is 5.54 Å². The van der Waals surface area contributed by atoms with Crippen molar-refractivity contribution in [2.75, 3.05) is 0 Å². The second kappa shape index (κ2) is 5.24. The Kier molecular flexibility index (Phi) is 4.00. The summed E-state index contributed by atoms with van der Waals surface area (Å²) in [5, 5.41) is 3.85. The Hall–Kier alpha value is -0.890. The largest absolute Gasteiger partial charge is 0.304 e. The molecule has 0 saturated heterocycles. The zero-order valence-corrected chi connectivity index (χ0v) is 13.1. The van der Waals surface area contributed by atoms with Crippen LogP contribution in [-0.4, -0.2) is 10.5 Å². The molecule has 1 aliphatic carbocycles. The molecule has 2 rings (SSSR count). The number of rotatable bonds is 3. The highest BCUT2D eigenvalue weighted by Crippen LogP contribution is 2.33. The van der Waals surface area contributed by atoms with Crippen LogP contribution < -0.4 is 5.32 Å². The third-order valence-corrected chi connectivity index (χ3v) is 3.73. The molecule has 0 spiro atoms. The van der Waals surface area contributed by atoms with Gasteiger partial charge in [-0.25, -0.2) is 0 Å². The topological polar surface area (TPSA) is 24.9 Å². The highest BCUT2D eigenvalue weighted by molar-refractivity contribution is 5.25. The summed E-state index contributed by atoms with van der Waals surface area (Å²) >= 11 is 0. The summed E-state index contributed by atoms with van der Waals surface area (Å²) in [6.45, 7) is 11.6. The van der Waals surface area contributed by atoms with Gasteiger partial charge in [-0.1, -0.05) is 26.8 Å². The molecule has 2 nitrogen and oxygen atoms in total. The smallest absolute Gasteiger partial charge is 0.0605 e. The molecular formula is C17H28N2. The predicted molar refractivity (Wildman–Crippen MR) is 81.2 cm³/mol. The molecule has 0 aliphatic heterocycles. The highest BCUT2D eigenvalue weighted by atomic mass is 15.0. The normalized spacial score (nSPS) is 20.2. The van der Waals surface area contributed by atoms with Gasteiger partial charge in [0.05, 0.1) is 11.7 Å². The van der Waals surface area contributed by atoms with Gasteiger partial charge in [-0.05, 0) is 56.6 Å². The van der Waals surface area contributed by atoms with E-state index in [1.165, 1.54) is 36.9 Å². The maximum atomic E-state index is 4.62. The Bertz CT molecular complexity index is 429. The minimum Gasteiger partial charge on any atom is -0.304 e. The van der Waals surface area contributed by atoms with Crippen LogP contribution in [0.3, 0.4) is 0 Å². The number of nitrogens with zero attached hydrogens (tertiary/aromatic N) is 1. The number of aromatic nitrogens is 1. The van der Waals surface area contributed by atoms with E-state index in [2.05, 4.69) is 57.1 Å². The van der Waals surface area contributed by atoms with Crippen LogP contribution >= 0.6 is 0 Å². The lowest BCUT2D eigenvalue weighted by Crippen LogP contribution is -2.45. The van der Waals surface area contributed by atoms with Crippen LogP contribution in [0.2, 0.25) is 0 Å². The molecule has 0 saturated carbocycles. The summed E-state index contributed by atoms with van der Waals surface area (Å²) in [6.07, 6.45) is 6.74. The third-order valence-electron chi connectivity index (χ3n) is 3.73. The molecule has 1 heterocycles. The molecule has 1 aliphatic rings. The van der Waals surface area contributed by atoms with Crippen LogP contribution in [0, 0.1) is 5.41 Å². The lowest BCUT2D eigenvalue weighted by molar-refractivity contribution is 0.214. The zero-order valence-electron chi connectivity index (χ0n) is 13.1. The van der Waals surface area contributed by atoms with Crippen molar-refractivity contribution < 1.29 is 0 Å². The van der Waals surface area contributed by atoms with Crippen LogP contribution in [0.5, 0.6) is 0 Å². The second-order valence-electron chi connectivity index (χ2n) is 7.76. The first-order chi connectivity index (χ1) is 8.77. The van der Waals surface area contributed by atoms with Gasteiger partial charge in [-0.3, -0.25) is 4.98 Å². The first-order valence-corrected chi connectivity index (χ1v) is 7.48. The van der Waals surface area contributed by atoms with Crippen molar-refractivity contribution in [1.82, 2.24) is 10.3 Å². The summed E-state index contributed by atoms with van der Waals surface area (Å²) in [7, 11) is 0. The maximum Gasteiger partial charge on any atom is 0.0605 e. The number of pyridine rings is 1.